The Labute approximate surface area is 112 Å². The average Bonchev–Trinajstić information content (AvgIpc) is 2.33. The highest BCUT2D eigenvalue weighted by Crippen LogP contribution is 2.30. The first-order valence-electron chi connectivity index (χ1n) is 5.97. The van der Waals surface area contributed by atoms with Gasteiger partial charge in [0, 0.05) is 38.6 Å². The molecule has 1 aromatic carbocycles. The molecule has 0 spiro atoms. The number of rotatable bonds is 1. The molecular weight excluding hydrogens is 253 g/mol. The lowest BCUT2D eigenvalue weighted by Gasteiger charge is -2.30. The highest BCUT2D eigenvalue weighted by Gasteiger charge is 2.15. The molecule has 0 saturated heterocycles. The first kappa shape index (κ1) is 15.4. The monoisotopic (exact) mass is 272 g/mol. The predicted molar refractivity (Wildman–Crippen MR) is 74.8 cm³/mol. The van der Waals surface area contributed by atoms with Crippen LogP contribution in [0.15, 0.2) is 24.3 Å². The fourth-order valence-corrected chi connectivity index (χ4v) is 1.87. The summed E-state index contributed by atoms with van der Waals surface area (Å²) in [6, 6.07) is 7.09. The molecule has 0 fully saturated rings. The summed E-state index contributed by atoms with van der Waals surface area (Å²) in [7, 11) is 6.28. The van der Waals surface area contributed by atoms with Gasteiger partial charge in [0.05, 0.1) is 0 Å². The van der Waals surface area contributed by atoms with E-state index >= 15 is 0 Å². The topological polar surface area (TPSA) is 6.48 Å². The van der Waals surface area contributed by atoms with Crippen molar-refractivity contribution < 1.29 is 13.2 Å². The van der Waals surface area contributed by atoms with Gasteiger partial charge in [0.25, 0.3) is 0 Å². The van der Waals surface area contributed by atoms with E-state index in [0.717, 1.165) is 0 Å². The van der Waals surface area contributed by atoms with Crippen molar-refractivity contribution >= 4 is 17.5 Å². The second-order valence-corrected chi connectivity index (χ2v) is 4.60. The minimum Gasteiger partial charge on any atom is -0.378 e. The molecule has 5 heteroatoms. The standard InChI is InChI=1S/C13H18N2.CHF3/c1-10-5-6-11-9-12(14(2)3)7-8-13(11)15(10)4;2-1(3)4/h5-10H,1-4H3;1H. The van der Waals surface area contributed by atoms with Crippen molar-refractivity contribution in [3.8, 4) is 0 Å². The molecule has 1 aromatic rings. The smallest absolute Gasteiger partial charge is 0.378 e. The second kappa shape index (κ2) is 6.50. The highest BCUT2D eigenvalue weighted by molar-refractivity contribution is 5.75. The van der Waals surface area contributed by atoms with Gasteiger partial charge in [-0.1, -0.05) is 12.2 Å². The van der Waals surface area contributed by atoms with Crippen LogP contribution in [0.25, 0.3) is 6.08 Å². The van der Waals surface area contributed by atoms with Crippen LogP contribution in [0.1, 0.15) is 12.5 Å². The Morgan fingerprint density at radius 3 is 2.32 bits per heavy atom. The summed E-state index contributed by atoms with van der Waals surface area (Å²) in [6.45, 7) is -1.46. The van der Waals surface area contributed by atoms with Crippen molar-refractivity contribution in [3.05, 3.63) is 29.8 Å². The lowest BCUT2D eigenvalue weighted by atomic mass is 10.0. The first-order chi connectivity index (χ1) is 8.82. The summed E-state index contributed by atoms with van der Waals surface area (Å²) >= 11 is 0. The normalized spacial score (nSPS) is 16.8. The third-order valence-corrected chi connectivity index (χ3v) is 3.07. The molecule has 2 rings (SSSR count). The molecule has 2 nitrogen and oxygen atoms in total. The molecule has 1 atom stereocenters. The maximum Gasteiger partial charge on any atom is 0.379 e. The van der Waals surface area contributed by atoms with E-state index in [0.29, 0.717) is 6.04 Å². The third kappa shape index (κ3) is 4.19. The molecule has 0 radical (unpaired) electrons. The van der Waals surface area contributed by atoms with E-state index in [9.17, 15) is 13.2 Å². The molecule has 106 valence electrons. The third-order valence-electron chi connectivity index (χ3n) is 3.07. The van der Waals surface area contributed by atoms with Gasteiger partial charge in [0.2, 0.25) is 0 Å². The van der Waals surface area contributed by atoms with Crippen LogP contribution in [-0.4, -0.2) is 33.9 Å². The molecule has 0 amide bonds. The molecule has 0 saturated carbocycles. The fourth-order valence-electron chi connectivity index (χ4n) is 1.87. The van der Waals surface area contributed by atoms with E-state index < -0.39 is 6.68 Å². The minimum atomic E-state index is -3.67. The van der Waals surface area contributed by atoms with Gasteiger partial charge in [-0.25, -0.2) is 0 Å². The van der Waals surface area contributed by atoms with Crippen molar-refractivity contribution in [1.29, 1.82) is 0 Å². The molecule has 0 aliphatic carbocycles. The Morgan fingerprint density at radius 1 is 1.21 bits per heavy atom. The fraction of sp³-hybridized carbons (Fsp3) is 0.429. The average molecular weight is 272 g/mol. The number of nitrogens with zero attached hydrogens (tertiary/aromatic N) is 2. The zero-order chi connectivity index (χ0) is 14.6. The van der Waals surface area contributed by atoms with Gasteiger partial charge < -0.3 is 9.80 Å². The van der Waals surface area contributed by atoms with Gasteiger partial charge >= 0.3 is 6.68 Å². The van der Waals surface area contributed by atoms with Crippen LogP contribution in [-0.2, 0) is 0 Å². The van der Waals surface area contributed by atoms with E-state index in [1.165, 1.54) is 16.9 Å². The van der Waals surface area contributed by atoms with Gasteiger partial charge in [0.15, 0.2) is 0 Å². The molecule has 1 aliphatic heterocycles. The van der Waals surface area contributed by atoms with E-state index in [4.69, 9.17) is 0 Å². The summed E-state index contributed by atoms with van der Waals surface area (Å²) in [4.78, 5) is 4.43. The molecule has 0 aromatic heterocycles. The zero-order valence-electron chi connectivity index (χ0n) is 11.6. The first-order valence-corrected chi connectivity index (χ1v) is 5.97. The summed E-state index contributed by atoms with van der Waals surface area (Å²) in [5, 5.41) is 0. The van der Waals surface area contributed by atoms with Crippen LogP contribution in [0.2, 0.25) is 0 Å². The van der Waals surface area contributed by atoms with E-state index in [-0.39, 0.29) is 0 Å². The Balaban J connectivity index is 0.000000399. The quantitative estimate of drug-likeness (QED) is 0.767. The van der Waals surface area contributed by atoms with E-state index in [1.54, 1.807) is 0 Å². The number of halogens is 3. The predicted octanol–water partition coefficient (Wildman–Crippen LogP) is 3.78. The Kier molecular flexibility index (Phi) is 5.27. The Bertz CT molecular complexity index is 442. The van der Waals surface area contributed by atoms with Crippen molar-refractivity contribution in [2.45, 2.75) is 19.6 Å². The summed E-state index contributed by atoms with van der Waals surface area (Å²) < 4.78 is 29.0. The summed E-state index contributed by atoms with van der Waals surface area (Å²) in [6.07, 6.45) is 4.45. The molecular formula is C14H19F3N2. The van der Waals surface area contributed by atoms with Crippen molar-refractivity contribution in [2.24, 2.45) is 0 Å². The highest BCUT2D eigenvalue weighted by atomic mass is 19.4. The number of benzene rings is 1. The molecule has 1 aliphatic rings. The second-order valence-electron chi connectivity index (χ2n) is 4.60. The number of likely N-dealkylation sites (N-methyl/N-ethyl adjacent to an activating group) is 1. The number of anilines is 2. The van der Waals surface area contributed by atoms with E-state index in [2.05, 4.69) is 68.2 Å². The Hall–Kier alpha value is -1.65. The van der Waals surface area contributed by atoms with Gasteiger partial charge in [-0.15, -0.1) is 0 Å². The van der Waals surface area contributed by atoms with Crippen LogP contribution < -0.4 is 9.80 Å². The van der Waals surface area contributed by atoms with Crippen molar-refractivity contribution in [1.82, 2.24) is 0 Å². The number of hydrogen-bond donors (Lipinski definition) is 0. The van der Waals surface area contributed by atoms with Gasteiger partial charge in [0.1, 0.15) is 0 Å². The molecule has 1 unspecified atom stereocenters. The van der Waals surface area contributed by atoms with Crippen molar-refractivity contribution in [3.63, 3.8) is 0 Å². The molecule has 0 N–H and O–H groups in total. The maximum atomic E-state index is 9.67. The number of fused-ring (bicyclic) bond motifs is 1. The Morgan fingerprint density at radius 2 is 1.79 bits per heavy atom. The van der Waals surface area contributed by atoms with E-state index in [1.807, 2.05) is 0 Å². The molecule has 1 heterocycles. The van der Waals surface area contributed by atoms with Crippen molar-refractivity contribution in [2.75, 3.05) is 30.9 Å². The van der Waals surface area contributed by atoms with Gasteiger partial charge in [-0.05, 0) is 30.7 Å². The summed E-state index contributed by atoms with van der Waals surface area (Å²) in [5.41, 5.74) is 3.87. The zero-order valence-corrected chi connectivity index (χ0v) is 11.6. The number of hydrogen-bond acceptors (Lipinski definition) is 2. The van der Waals surface area contributed by atoms with Crippen LogP contribution in [0.4, 0.5) is 24.5 Å². The van der Waals surface area contributed by atoms with Crippen LogP contribution in [0.3, 0.4) is 0 Å². The summed E-state index contributed by atoms with van der Waals surface area (Å²) in [5.74, 6) is 0. The molecule has 0 bridgehead atoms. The van der Waals surface area contributed by atoms with Crippen LogP contribution >= 0.6 is 0 Å². The minimum absolute atomic E-state index is 0.489. The van der Waals surface area contributed by atoms with Crippen LogP contribution in [0.5, 0.6) is 0 Å². The maximum absolute atomic E-state index is 9.67. The lowest BCUT2D eigenvalue weighted by molar-refractivity contribution is 0.00819. The SMILES string of the molecule is CC1C=Cc2cc(N(C)C)ccc2N1C.FC(F)F. The lowest BCUT2D eigenvalue weighted by Crippen LogP contribution is -2.29. The largest absolute Gasteiger partial charge is 0.379 e. The molecule has 19 heavy (non-hydrogen) atoms. The van der Waals surface area contributed by atoms with Crippen LogP contribution in [0, 0.1) is 0 Å². The number of alkyl halides is 3. The van der Waals surface area contributed by atoms with Gasteiger partial charge in [-0.2, -0.15) is 13.2 Å². The van der Waals surface area contributed by atoms with Gasteiger partial charge in [-0.3, -0.25) is 0 Å².